The first-order valence-corrected chi connectivity index (χ1v) is 5.58. The fourth-order valence-corrected chi connectivity index (χ4v) is 1.72. The van der Waals surface area contributed by atoms with Crippen LogP contribution in [0.2, 0.25) is 0 Å². The molecule has 4 N–H and O–H groups in total. The van der Waals surface area contributed by atoms with Crippen molar-refractivity contribution in [1.82, 2.24) is 0 Å². The highest BCUT2D eigenvalue weighted by molar-refractivity contribution is 5.48. The molecule has 0 saturated carbocycles. The quantitative estimate of drug-likeness (QED) is 0.838. The molecule has 0 saturated heterocycles. The van der Waals surface area contributed by atoms with E-state index >= 15 is 0 Å². The Morgan fingerprint density at radius 1 is 1.12 bits per heavy atom. The Morgan fingerprint density at radius 3 is 2.06 bits per heavy atom. The zero-order valence-corrected chi connectivity index (χ0v) is 11.2. The van der Waals surface area contributed by atoms with E-state index in [1.807, 2.05) is 32.9 Å². The molecule has 0 aliphatic heterocycles. The Bertz CT molecular complexity index is 397. The number of rotatable bonds is 4. The maximum Gasteiger partial charge on any atom is 0.124 e. The number of nitrogens with two attached hydrogens (primary N) is 2. The van der Waals surface area contributed by atoms with Gasteiger partial charge in [0.15, 0.2) is 0 Å². The first-order valence-electron chi connectivity index (χ1n) is 5.58. The monoisotopic (exact) mass is 238 g/mol. The van der Waals surface area contributed by atoms with Crippen molar-refractivity contribution in [2.24, 2.45) is 11.5 Å². The summed E-state index contributed by atoms with van der Waals surface area (Å²) in [6, 6.07) is 3.50. The highest BCUT2D eigenvalue weighted by atomic mass is 16.5. The van der Waals surface area contributed by atoms with E-state index in [1.165, 1.54) is 0 Å². The molecule has 17 heavy (non-hydrogen) atoms. The molecular weight excluding hydrogens is 216 g/mol. The summed E-state index contributed by atoms with van der Waals surface area (Å²) in [4.78, 5) is 0. The maximum absolute atomic E-state index is 6.16. The molecule has 0 aliphatic carbocycles. The summed E-state index contributed by atoms with van der Waals surface area (Å²) in [6.45, 7) is 5.75. The summed E-state index contributed by atoms with van der Waals surface area (Å²) in [5.41, 5.74) is 13.6. The standard InChI is InChI=1S/C13H22N2O2/c1-8-6-11(17-5)9(7-10(8)16-4)12(14)13(2,3)15/h6-7,12H,14-15H2,1-5H3. The van der Waals surface area contributed by atoms with Crippen LogP contribution in [0.3, 0.4) is 0 Å². The third-order valence-electron chi connectivity index (χ3n) is 2.88. The van der Waals surface area contributed by atoms with Crippen LogP contribution in [0.1, 0.15) is 31.0 Å². The minimum Gasteiger partial charge on any atom is -0.496 e. The van der Waals surface area contributed by atoms with Crippen molar-refractivity contribution in [3.05, 3.63) is 23.3 Å². The Hall–Kier alpha value is -1.26. The summed E-state index contributed by atoms with van der Waals surface area (Å²) >= 11 is 0. The Labute approximate surface area is 103 Å². The molecule has 4 heteroatoms. The number of methoxy groups -OCH3 is 2. The number of hydrogen-bond donors (Lipinski definition) is 2. The summed E-state index contributed by atoms with van der Waals surface area (Å²) in [7, 11) is 3.26. The highest BCUT2D eigenvalue weighted by Crippen LogP contribution is 2.34. The molecule has 0 bridgehead atoms. The van der Waals surface area contributed by atoms with Gasteiger partial charge in [-0.05, 0) is 38.5 Å². The van der Waals surface area contributed by atoms with Gasteiger partial charge in [-0.25, -0.2) is 0 Å². The van der Waals surface area contributed by atoms with Crippen LogP contribution < -0.4 is 20.9 Å². The molecule has 1 unspecified atom stereocenters. The van der Waals surface area contributed by atoms with Crippen LogP contribution in [0.25, 0.3) is 0 Å². The first kappa shape index (κ1) is 13.8. The predicted molar refractivity (Wildman–Crippen MR) is 69.5 cm³/mol. The average molecular weight is 238 g/mol. The van der Waals surface area contributed by atoms with Crippen LogP contribution in [0.15, 0.2) is 12.1 Å². The molecule has 1 atom stereocenters. The van der Waals surface area contributed by atoms with Crippen molar-refractivity contribution < 1.29 is 9.47 Å². The Morgan fingerprint density at radius 2 is 1.65 bits per heavy atom. The summed E-state index contributed by atoms with van der Waals surface area (Å²) in [5.74, 6) is 1.54. The molecule has 96 valence electrons. The molecule has 0 heterocycles. The lowest BCUT2D eigenvalue weighted by Crippen LogP contribution is -2.43. The predicted octanol–water partition coefficient (Wildman–Crippen LogP) is 1.75. The number of aryl methyl sites for hydroxylation is 1. The molecule has 1 rings (SSSR count). The molecule has 1 aromatic carbocycles. The number of hydrogen-bond acceptors (Lipinski definition) is 4. The van der Waals surface area contributed by atoms with Gasteiger partial charge in [-0.1, -0.05) is 0 Å². The SMILES string of the molecule is COc1cc(C(N)C(C)(C)N)c(OC)cc1C. The minimum absolute atomic E-state index is 0.313. The zero-order valence-electron chi connectivity index (χ0n) is 11.2. The molecular formula is C13H22N2O2. The number of benzene rings is 1. The van der Waals surface area contributed by atoms with Gasteiger partial charge in [0.2, 0.25) is 0 Å². The van der Waals surface area contributed by atoms with Crippen LogP contribution in [0.4, 0.5) is 0 Å². The van der Waals surface area contributed by atoms with Gasteiger partial charge in [0.1, 0.15) is 11.5 Å². The fraction of sp³-hybridized carbons (Fsp3) is 0.538. The smallest absolute Gasteiger partial charge is 0.124 e. The molecule has 1 aromatic rings. The van der Waals surface area contributed by atoms with Crippen molar-refractivity contribution in [1.29, 1.82) is 0 Å². The van der Waals surface area contributed by atoms with Gasteiger partial charge in [0.05, 0.1) is 20.3 Å². The van der Waals surface area contributed by atoms with Crippen molar-refractivity contribution in [3.63, 3.8) is 0 Å². The van der Waals surface area contributed by atoms with Crippen molar-refractivity contribution in [2.75, 3.05) is 14.2 Å². The van der Waals surface area contributed by atoms with Gasteiger partial charge < -0.3 is 20.9 Å². The van der Waals surface area contributed by atoms with Gasteiger partial charge in [0.25, 0.3) is 0 Å². The second-order valence-corrected chi connectivity index (χ2v) is 4.86. The fourth-order valence-electron chi connectivity index (χ4n) is 1.72. The van der Waals surface area contributed by atoms with E-state index in [4.69, 9.17) is 20.9 Å². The third kappa shape index (κ3) is 2.90. The lowest BCUT2D eigenvalue weighted by atomic mass is 9.89. The largest absolute Gasteiger partial charge is 0.496 e. The van der Waals surface area contributed by atoms with Crippen molar-refractivity contribution in [2.45, 2.75) is 32.4 Å². The molecule has 0 radical (unpaired) electrons. The van der Waals surface area contributed by atoms with Crippen LogP contribution >= 0.6 is 0 Å². The summed E-state index contributed by atoms with van der Waals surface area (Å²) in [5, 5.41) is 0. The lowest BCUT2D eigenvalue weighted by molar-refractivity contribution is 0.369. The topological polar surface area (TPSA) is 70.5 Å². The van der Waals surface area contributed by atoms with Crippen molar-refractivity contribution >= 4 is 0 Å². The van der Waals surface area contributed by atoms with E-state index in [2.05, 4.69) is 0 Å². The van der Waals surface area contributed by atoms with Crippen molar-refractivity contribution in [3.8, 4) is 11.5 Å². The van der Waals surface area contributed by atoms with E-state index in [9.17, 15) is 0 Å². The average Bonchev–Trinajstić information content (AvgIpc) is 2.26. The van der Waals surface area contributed by atoms with E-state index in [1.54, 1.807) is 14.2 Å². The maximum atomic E-state index is 6.16. The lowest BCUT2D eigenvalue weighted by Gasteiger charge is -2.29. The molecule has 0 fully saturated rings. The summed E-state index contributed by atoms with van der Waals surface area (Å²) in [6.07, 6.45) is 0. The van der Waals surface area contributed by atoms with Gasteiger partial charge in [-0.2, -0.15) is 0 Å². The molecule has 0 aromatic heterocycles. The van der Waals surface area contributed by atoms with Gasteiger partial charge >= 0.3 is 0 Å². The molecule has 4 nitrogen and oxygen atoms in total. The number of ether oxygens (including phenoxy) is 2. The van der Waals surface area contributed by atoms with Gasteiger partial charge in [-0.15, -0.1) is 0 Å². The van der Waals surface area contributed by atoms with Gasteiger partial charge in [-0.3, -0.25) is 0 Å². The van der Waals surface area contributed by atoms with E-state index in [-0.39, 0.29) is 6.04 Å². The van der Waals surface area contributed by atoms with Crippen LogP contribution in [-0.4, -0.2) is 19.8 Å². The molecule has 0 spiro atoms. The van der Waals surface area contributed by atoms with Crippen LogP contribution in [0.5, 0.6) is 11.5 Å². The molecule has 0 amide bonds. The van der Waals surface area contributed by atoms with Gasteiger partial charge in [0, 0.05) is 11.1 Å². The third-order valence-corrected chi connectivity index (χ3v) is 2.88. The van der Waals surface area contributed by atoms with E-state index < -0.39 is 5.54 Å². The van der Waals surface area contributed by atoms with Crippen LogP contribution in [0, 0.1) is 6.92 Å². The summed E-state index contributed by atoms with van der Waals surface area (Å²) < 4.78 is 10.6. The minimum atomic E-state index is -0.520. The van der Waals surface area contributed by atoms with E-state index in [0.29, 0.717) is 0 Å². The zero-order chi connectivity index (χ0) is 13.2. The first-order chi connectivity index (χ1) is 7.81. The van der Waals surface area contributed by atoms with E-state index in [0.717, 1.165) is 22.6 Å². The Balaban J connectivity index is 3.30. The van der Waals surface area contributed by atoms with Crippen LogP contribution in [-0.2, 0) is 0 Å². The molecule has 0 aliphatic rings. The highest BCUT2D eigenvalue weighted by Gasteiger charge is 2.26. The normalized spacial score (nSPS) is 13.4. The Kier molecular flexibility index (Phi) is 4.01. The second-order valence-electron chi connectivity index (χ2n) is 4.86. The second kappa shape index (κ2) is 4.94.